The standard InChI is InChI=1S/C17H17F3N6O7S/c1-31-12-7-13(32-2)23-15(22-12)24-16(28)26-34(29,30)11-6-9(25-21-8-17(18,19)20)4-5-10(11)14(27)33-3/h4-8,25H,1-3H3,(H2,22,23,24,26,28)/b21-8+. The van der Waals surface area contributed by atoms with Crippen LogP contribution < -0.4 is 24.9 Å². The topological polar surface area (TPSA) is 170 Å². The van der Waals surface area contributed by atoms with E-state index >= 15 is 0 Å². The Morgan fingerprint density at radius 1 is 1.06 bits per heavy atom. The number of rotatable bonds is 8. The van der Waals surface area contributed by atoms with E-state index in [-0.39, 0.29) is 29.6 Å². The monoisotopic (exact) mass is 506 g/mol. The number of hydrogen-bond acceptors (Lipinski definition) is 11. The molecule has 0 aliphatic rings. The van der Waals surface area contributed by atoms with Crippen LogP contribution in [-0.4, -0.2) is 64.1 Å². The highest BCUT2D eigenvalue weighted by Gasteiger charge is 2.27. The molecular formula is C17H17F3N6O7S. The third-order valence-corrected chi connectivity index (χ3v) is 5.00. The van der Waals surface area contributed by atoms with E-state index in [1.165, 1.54) is 20.3 Å². The Labute approximate surface area is 190 Å². The molecule has 0 saturated carbocycles. The molecule has 34 heavy (non-hydrogen) atoms. The lowest BCUT2D eigenvalue weighted by Gasteiger charge is -2.13. The Hall–Kier alpha value is -4.15. The summed E-state index contributed by atoms with van der Waals surface area (Å²) in [6, 6.07) is 2.78. The second kappa shape index (κ2) is 10.6. The zero-order valence-electron chi connectivity index (χ0n) is 17.6. The molecule has 17 heteroatoms. The number of sulfonamides is 1. The third kappa shape index (κ3) is 7.19. The largest absolute Gasteiger partial charge is 0.481 e. The number of amides is 2. The van der Waals surface area contributed by atoms with E-state index < -0.39 is 38.7 Å². The molecule has 0 atom stereocenters. The summed E-state index contributed by atoms with van der Waals surface area (Å²) in [6.45, 7) is 0. The number of nitrogens with zero attached hydrogens (tertiary/aromatic N) is 3. The van der Waals surface area contributed by atoms with Crippen molar-refractivity contribution in [3.8, 4) is 11.8 Å². The highest BCUT2D eigenvalue weighted by molar-refractivity contribution is 7.90. The molecular weight excluding hydrogens is 489 g/mol. The van der Waals surface area contributed by atoms with E-state index in [1.54, 1.807) is 4.72 Å². The Kier molecular flexibility index (Phi) is 8.17. The van der Waals surface area contributed by atoms with Crippen molar-refractivity contribution in [3.63, 3.8) is 0 Å². The van der Waals surface area contributed by atoms with Crippen LogP contribution in [0.1, 0.15) is 10.4 Å². The Morgan fingerprint density at radius 3 is 2.21 bits per heavy atom. The molecule has 1 aromatic heterocycles. The average molecular weight is 506 g/mol. The van der Waals surface area contributed by atoms with Crippen LogP contribution in [0.15, 0.2) is 34.3 Å². The van der Waals surface area contributed by atoms with Crippen LogP contribution in [0.5, 0.6) is 11.8 Å². The molecule has 0 unspecified atom stereocenters. The highest BCUT2D eigenvalue weighted by Crippen LogP contribution is 2.23. The number of methoxy groups -OCH3 is 3. The number of aromatic nitrogens is 2. The number of nitrogens with one attached hydrogen (secondary N) is 3. The van der Waals surface area contributed by atoms with Gasteiger partial charge in [-0.1, -0.05) is 0 Å². The van der Waals surface area contributed by atoms with Gasteiger partial charge in [0.05, 0.1) is 38.6 Å². The fourth-order valence-electron chi connectivity index (χ4n) is 2.25. The summed E-state index contributed by atoms with van der Waals surface area (Å²) in [5.41, 5.74) is 1.23. The molecule has 2 amide bonds. The molecule has 1 heterocycles. The molecule has 13 nitrogen and oxygen atoms in total. The van der Waals surface area contributed by atoms with Crippen LogP contribution >= 0.6 is 0 Å². The van der Waals surface area contributed by atoms with Gasteiger partial charge in [-0.15, -0.1) is 0 Å². The van der Waals surface area contributed by atoms with Gasteiger partial charge in [0.25, 0.3) is 10.0 Å². The number of carbonyl (C=O) groups excluding carboxylic acids is 2. The van der Waals surface area contributed by atoms with Gasteiger partial charge >= 0.3 is 18.2 Å². The number of alkyl halides is 3. The lowest BCUT2D eigenvalue weighted by atomic mass is 10.2. The van der Waals surface area contributed by atoms with Gasteiger partial charge in [-0.3, -0.25) is 10.7 Å². The van der Waals surface area contributed by atoms with Crippen molar-refractivity contribution in [2.75, 3.05) is 32.1 Å². The summed E-state index contributed by atoms with van der Waals surface area (Å²) in [6.07, 6.45) is -5.10. The number of carbonyl (C=O) groups is 2. The van der Waals surface area contributed by atoms with Gasteiger partial charge < -0.3 is 14.2 Å². The van der Waals surface area contributed by atoms with Gasteiger partial charge in [-0.05, 0) is 18.2 Å². The van der Waals surface area contributed by atoms with Crippen molar-refractivity contribution < 1.29 is 45.4 Å². The minimum absolute atomic E-state index is 0.00354. The van der Waals surface area contributed by atoms with E-state index in [4.69, 9.17) is 9.47 Å². The van der Waals surface area contributed by atoms with Crippen LogP contribution in [-0.2, 0) is 14.8 Å². The quantitative estimate of drug-likeness (QED) is 0.272. The number of hydrogen-bond donors (Lipinski definition) is 3. The molecule has 0 spiro atoms. The first-order chi connectivity index (χ1) is 15.9. The molecule has 0 aliphatic carbocycles. The average Bonchev–Trinajstić information content (AvgIpc) is 2.76. The lowest BCUT2D eigenvalue weighted by molar-refractivity contribution is -0.0536. The van der Waals surface area contributed by atoms with E-state index in [9.17, 15) is 31.2 Å². The Balaban J connectivity index is 2.34. The van der Waals surface area contributed by atoms with Gasteiger partial charge in [0.1, 0.15) is 11.1 Å². The SMILES string of the molecule is COC(=O)c1ccc(N/N=C/C(F)(F)F)cc1S(=O)(=O)NC(=O)Nc1nc(OC)cc(OC)n1. The van der Waals surface area contributed by atoms with Crippen LogP contribution in [0.4, 0.5) is 29.6 Å². The molecule has 184 valence electrons. The maximum atomic E-state index is 12.8. The van der Waals surface area contributed by atoms with Crippen molar-refractivity contribution in [1.29, 1.82) is 0 Å². The fraction of sp³-hybridized carbons (Fsp3) is 0.235. The summed E-state index contributed by atoms with van der Waals surface area (Å²) < 4.78 is 78.2. The molecule has 2 aromatic rings. The Morgan fingerprint density at radius 2 is 1.68 bits per heavy atom. The molecule has 0 radical (unpaired) electrons. The van der Waals surface area contributed by atoms with Crippen molar-refractivity contribution in [2.45, 2.75) is 11.1 Å². The highest BCUT2D eigenvalue weighted by atomic mass is 32.2. The van der Waals surface area contributed by atoms with Crippen molar-refractivity contribution in [2.24, 2.45) is 5.10 Å². The minimum atomic E-state index is -4.77. The zero-order chi connectivity index (χ0) is 25.5. The first kappa shape index (κ1) is 26.1. The number of anilines is 2. The smallest absolute Gasteiger partial charge is 0.428 e. The third-order valence-electron chi connectivity index (χ3n) is 3.63. The predicted octanol–water partition coefficient (Wildman–Crippen LogP) is 1.75. The number of halogens is 3. The second-order valence-corrected chi connectivity index (χ2v) is 7.60. The zero-order valence-corrected chi connectivity index (χ0v) is 18.4. The van der Waals surface area contributed by atoms with E-state index in [0.29, 0.717) is 0 Å². The molecule has 0 aliphatic heterocycles. The first-order valence-electron chi connectivity index (χ1n) is 8.78. The van der Waals surface area contributed by atoms with Crippen LogP contribution in [0, 0.1) is 0 Å². The number of esters is 1. The lowest BCUT2D eigenvalue weighted by Crippen LogP contribution is -2.35. The summed E-state index contributed by atoms with van der Waals surface area (Å²) in [7, 11) is -1.23. The molecule has 0 saturated heterocycles. The number of hydrazone groups is 1. The van der Waals surface area contributed by atoms with Crippen molar-refractivity contribution in [3.05, 3.63) is 29.8 Å². The van der Waals surface area contributed by atoms with Crippen LogP contribution in [0.2, 0.25) is 0 Å². The number of ether oxygens (including phenoxy) is 3. The summed E-state index contributed by atoms with van der Waals surface area (Å²) >= 11 is 0. The first-order valence-corrected chi connectivity index (χ1v) is 10.3. The second-order valence-electron chi connectivity index (χ2n) is 5.95. The molecule has 0 fully saturated rings. The summed E-state index contributed by atoms with van der Waals surface area (Å²) in [4.78, 5) is 31.1. The number of benzene rings is 1. The van der Waals surface area contributed by atoms with Gasteiger partial charge in [-0.2, -0.15) is 28.2 Å². The predicted molar refractivity (Wildman–Crippen MR) is 110 cm³/mol. The molecule has 1 aromatic carbocycles. The van der Waals surface area contributed by atoms with Crippen molar-refractivity contribution in [1.82, 2.24) is 14.7 Å². The maximum absolute atomic E-state index is 12.8. The minimum Gasteiger partial charge on any atom is -0.481 e. The fourth-order valence-corrected chi connectivity index (χ4v) is 3.37. The van der Waals surface area contributed by atoms with Crippen LogP contribution in [0.3, 0.4) is 0 Å². The maximum Gasteiger partial charge on any atom is 0.428 e. The van der Waals surface area contributed by atoms with E-state index in [1.807, 2.05) is 5.43 Å². The van der Waals surface area contributed by atoms with Gasteiger partial charge in [-0.25, -0.2) is 22.7 Å². The van der Waals surface area contributed by atoms with E-state index in [0.717, 1.165) is 25.3 Å². The summed E-state index contributed by atoms with van der Waals surface area (Å²) in [5, 5.41) is 4.98. The normalized spacial score (nSPS) is 11.6. The van der Waals surface area contributed by atoms with Crippen LogP contribution in [0.25, 0.3) is 0 Å². The van der Waals surface area contributed by atoms with Crippen molar-refractivity contribution >= 4 is 39.9 Å². The molecule has 0 bridgehead atoms. The summed E-state index contributed by atoms with van der Waals surface area (Å²) in [5.74, 6) is -1.48. The number of urea groups is 1. The van der Waals surface area contributed by atoms with Gasteiger partial charge in [0.2, 0.25) is 17.7 Å². The Bertz CT molecular complexity index is 1180. The van der Waals surface area contributed by atoms with E-state index in [2.05, 4.69) is 25.1 Å². The van der Waals surface area contributed by atoms with Gasteiger partial charge in [0, 0.05) is 0 Å². The van der Waals surface area contributed by atoms with Gasteiger partial charge in [0.15, 0.2) is 0 Å². The molecule has 3 N–H and O–H groups in total. The molecule has 2 rings (SSSR count).